The molecule has 14 aromatic carbocycles. The second-order valence-corrected chi connectivity index (χ2v) is 25.8. The van der Waals surface area contributed by atoms with Crippen LogP contribution in [0.15, 0.2) is 425 Å². The normalized spacial score (nSPS) is 13.9. The summed E-state index contributed by atoms with van der Waals surface area (Å²) in [6, 6.07) is 154. The molecule has 14 aromatic rings. The summed E-state index contributed by atoms with van der Waals surface area (Å²) in [6.45, 7) is 0. The quantitative estimate of drug-likeness (QED) is 0.0309. The molecule has 2 saturated carbocycles. The van der Waals surface area contributed by atoms with Gasteiger partial charge >= 0.3 is 21.7 Å². The summed E-state index contributed by atoms with van der Waals surface area (Å²) in [5.74, 6) is 0. The predicted octanol–water partition coefficient (Wildman–Crippen LogP) is 27.0. The van der Waals surface area contributed by atoms with Crippen LogP contribution in [-0.4, -0.2) is 0 Å². The van der Waals surface area contributed by atoms with Crippen molar-refractivity contribution in [2.45, 2.75) is 0 Å². The van der Waals surface area contributed by atoms with Crippen molar-refractivity contribution in [3.8, 4) is 0 Å². The van der Waals surface area contributed by atoms with Gasteiger partial charge in [-0.05, 0) is 153 Å². The summed E-state index contributed by atoms with van der Waals surface area (Å²) in [6.07, 6.45) is 28.2. The fraction of sp³-hybridized carbons (Fsp3) is 0. The molecule has 0 saturated heterocycles. The molecule has 0 bridgehead atoms. The van der Waals surface area contributed by atoms with E-state index in [0.717, 1.165) is 145 Å². The molecule has 2 aliphatic carbocycles. The van der Waals surface area contributed by atoms with Crippen molar-refractivity contribution < 1.29 is 21.7 Å². The van der Waals surface area contributed by atoms with Gasteiger partial charge in [0.2, 0.25) is 0 Å². The molecule has 0 spiro atoms. The SMILES string of the molecule is [C-](=C(/C(=C(/C(=C(/C(=C(\C(=C(\C(=C(\C(=[C-]c1ccccc1)c1ccccc1)c1ccccc1)c1ccccc1)c1ccccc1)c1ccccc1)c1ccccc1)c1ccccc1)c1ccccc1)c1ccccc1)c1ccccc1)c1ccccc1)c1ccccc1)c1ccccc1.[CH]1[CH][CH][CH][CH]1.[CH]1[CH][CH][CH][CH]1.[Ti+2]. The third-order valence-corrected chi connectivity index (χ3v) is 18.7. The Morgan fingerprint density at radius 3 is 0.376 bits per heavy atom. The first-order chi connectivity index (χ1) is 53.7. The maximum atomic E-state index is 4.10. The van der Waals surface area contributed by atoms with E-state index in [4.69, 9.17) is 0 Å². The Hall–Kier alpha value is -12.0. The van der Waals surface area contributed by atoms with Crippen LogP contribution in [0.25, 0.3) is 66.9 Å². The molecule has 0 N–H and O–H groups in total. The molecule has 0 aliphatic heterocycles. The largest absolute Gasteiger partial charge is 2.00 e. The molecular formula is C108H80Ti. The molecule has 0 unspecified atom stereocenters. The van der Waals surface area contributed by atoms with Gasteiger partial charge < -0.3 is 0 Å². The molecule has 0 aromatic heterocycles. The Bertz CT molecular complexity index is 4980. The number of rotatable bonds is 20. The maximum Gasteiger partial charge on any atom is 2.00 e. The molecule has 2 aliphatic rings. The minimum atomic E-state index is 0. The zero-order valence-corrected chi connectivity index (χ0v) is 62.2. The maximum absolute atomic E-state index is 4.10. The third-order valence-electron chi connectivity index (χ3n) is 18.7. The number of benzene rings is 14. The van der Waals surface area contributed by atoms with Crippen molar-refractivity contribution in [2.24, 2.45) is 0 Å². The second-order valence-electron chi connectivity index (χ2n) is 25.8. The van der Waals surface area contributed by atoms with E-state index in [1.165, 1.54) is 0 Å². The second kappa shape index (κ2) is 39.5. The minimum Gasteiger partial charge on any atom is -0.123 e. The van der Waals surface area contributed by atoms with Gasteiger partial charge in [0.15, 0.2) is 0 Å². The molecule has 516 valence electrons. The van der Waals surface area contributed by atoms with E-state index in [-0.39, 0.29) is 21.7 Å². The van der Waals surface area contributed by atoms with Crippen molar-refractivity contribution in [1.82, 2.24) is 0 Å². The van der Waals surface area contributed by atoms with E-state index in [0.29, 0.717) is 0 Å². The van der Waals surface area contributed by atoms with E-state index in [1.807, 2.05) is 64.2 Å². The van der Waals surface area contributed by atoms with Crippen molar-refractivity contribution >= 4 is 66.9 Å². The Balaban J connectivity index is 0.000000880. The van der Waals surface area contributed by atoms with Gasteiger partial charge in [0, 0.05) is 0 Å². The molecule has 16 rings (SSSR count). The number of hydrogen-bond acceptors (Lipinski definition) is 0. The Morgan fingerprint density at radius 2 is 0.229 bits per heavy atom. The van der Waals surface area contributed by atoms with Gasteiger partial charge in [0.1, 0.15) is 0 Å². The molecule has 0 atom stereocenters. The van der Waals surface area contributed by atoms with E-state index in [1.54, 1.807) is 0 Å². The summed E-state index contributed by atoms with van der Waals surface area (Å²) in [7, 11) is 0. The molecule has 0 nitrogen and oxygen atoms in total. The standard InChI is InChI=1S/C98H70.2C5H5.Ti/c1-15-43-73(44-16-1)71-87(75-47-19-3-20-48-75)89(77-51-23-5-24-52-77)91(79-55-27-7-28-56-79)93(81-59-31-9-32-60-81)95(83-63-35-11-36-64-83)97(85-67-39-13-40-68-85)98(86-69-41-14-42-70-86)96(84-65-37-12-38-66-84)94(82-61-33-10-34-62-82)92(80-57-29-8-30-58-80)90(78-53-25-6-26-54-78)88(76-49-21-4-22-50-76)72-74-45-17-2-18-46-74;2*1-2-4-5-3-1;/h1-70H;2*1-5H;/q-2;;;+2/b91-89+,92-90+,95-93+,96-94+,98-97-;;;. The Morgan fingerprint density at radius 1 is 0.119 bits per heavy atom. The number of allylic oxidation sites excluding steroid dienone is 12. The summed E-state index contributed by atoms with van der Waals surface area (Å²) in [5.41, 5.74) is 26.5. The van der Waals surface area contributed by atoms with Gasteiger partial charge in [0.25, 0.3) is 0 Å². The van der Waals surface area contributed by atoms with Gasteiger partial charge in [-0.25, -0.2) is 0 Å². The van der Waals surface area contributed by atoms with E-state index < -0.39 is 0 Å². The van der Waals surface area contributed by atoms with Crippen molar-refractivity contribution in [3.63, 3.8) is 0 Å². The zero-order valence-electron chi connectivity index (χ0n) is 60.7. The van der Waals surface area contributed by atoms with Crippen LogP contribution in [0, 0.1) is 76.4 Å². The van der Waals surface area contributed by atoms with Gasteiger partial charge in [0.05, 0.1) is 0 Å². The molecule has 10 radical (unpaired) electrons. The van der Waals surface area contributed by atoms with Crippen LogP contribution in [0.2, 0.25) is 0 Å². The fourth-order valence-corrected chi connectivity index (χ4v) is 13.9. The first-order valence-corrected chi connectivity index (χ1v) is 36.8. The topological polar surface area (TPSA) is 0 Å². The fourth-order valence-electron chi connectivity index (χ4n) is 13.9. The zero-order chi connectivity index (χ0) is 73.0. The molecule has 1 heteroatoms. The smallest absolute Gasteiger partial charge is 0.123 e. The first-order valence-electron chi connectivity index (χ1n) is 36.8. The minimum absolute atomic E-state index is 0. The van der Waals surface area contributed by atoms with Crippen LogP contribution in [0.1, 0.15) is 77.9 Å². The molecule has 0 amide bonds. The molecular weight excluding hydrogens is 1350 g/mol. The predicted molar refractivity (Wildman–Crippen MR) is 459 cm³/mol. The van der Waals surface area contributed by atoms with Gasteiger partial charge in [-0.3, -0.25) is 0 Å². The van der Waals surface area contributed by atoms with E-state index in [9.17, 15) is 0 Å². The van der Waals surface area contributed by atoms with E-state index in [2.05, 4.69) is 437 Å². The van der Waals surface area contributed by atoms with Crippen LogP contribution in [0.4, 0.5) is 0 Å². The molecule has 109 heavy (non-hydrogen) atoms. The average molecular weight is 1430 g/mol. The van der Waals surface area contributed by atoms with Gasteiger partial charge in [-0.15, -0.1) is 58.7 Å². The van der Waals surface area contributed by atoms with Crippen LogP contribution >= 0.6 is 0 Å². The van der Waals surface area contributed by atoms with Crippen molar-refractivity contribution in [3.05, 3.63) is 579 Å². The average Bonchev–Trinajstić information content (AvgIpc) is 1.03. The van der Waals surface area contributed by atoms with Crippen LogP contribution in [0.3, 0.4) is 0 Å². The van der Waals surface area contributed by atoms with Gasteiger partial charge in [-0.1, -0.05) is 434 Å². The summed E-state index contributed by atoms with van der Waals surface area (Å²) >= 11 is 0. The molecule has 2 fully saturated rings. The summed E-state index contributed by atoms with van der Waals surface area (Å²) in [5, 5.41) is 0. The third kappa shape index (κ3) is 19.2. The Labute approximate surface area is 662 Å². The summed E-state index contributed by atoms with van der Waals surface area (Å²) < 4.78 is 0. The van der Waals surface area contributed by atoms with Gasteiger partial charge in [-0.2, -0.15) is 0 Å². The summed E-state index contributed by atoms with van der Waals surface area (Å²) in [4.78, 5) is 0. The Kier molecular flexibility index (Phi) is 27.3. The molecule has 0 heterocycles. The van der Waals surface area contributed by atoms with Crippen molar-refractivity contribution in [2.75, 3.05) is 0 Å². The van der Waals surface area contributed by atoms with Crippen LogP contribution in [-0.2, 0) is 21.7 Å². The first kappa shape index (κ1) is 75.2. The van der Waals surface area contributed by atoms with Crippen molar-refractivity contribution in [1.29, 1.82) is 0 Å². The van der Waals surface area contributed by atoms with Crippen LogP contribution in [0.5, 0.6) is 0 Å². The van der Waals surface area contributed by atoms with Crippen LogP contribution < -0.4 is 0 Å². The van der Waals surface area contributed by atoms with E-state index >= 15 is 0 Å². The monoisotopic (exact) mass is 1420 g/mol. The number of hydrogen-bond donors (Lipinski definition) is 0.